The first-order valence-electron chi connectivity index (χ1n) is 7.77. The van der Waals surface area contributed by atoms with Crippen molar-refractivity contribution in [1.29, 1.82) is 0 Å². The van der Waals surface area contributed by atoms with Crippen molar-refractivity contribution < 1.29 is 33.7 Å². The normalized spacial score (nSPS) is 10.7. The van der Waals surface area contributed by atoms with Gasteiger partial charge in [-0.1, -0.05) is 5.16 Å². The molecule has 0 spiro atoms. The van der Waals surface area contributed by atoms with Crippen molar-refractivity contribution in [3.63, 3.8) is 0 Å². The lowest BCUT2D eigenvalue weighted by Gasteiger charge is -2.16. The minimum Gasteiger partial charge on any atom is -0.493 e. The quantitative estimate of drug-likeness (QED) is 0.413. The minimum absolute atomic E-state index is 0.00873. The summed E-state index contributed by atoms with van der Waals surface area (Å²) in [6, 6.07) is 3.27. The number of carbonyl (C=O) groups is 2. The molecule has 2 rings (SSSR count). The van der Waals surface area contributed by atoms with Crippen molar-refractivity contribution in [2.45, 2.75) is 6.92 Å². The van der Waals surface area contributed by atoms with Gasteiger partial charge in [0.25, 0.3) is 0 Å². The van der Waals surface area contributed by atoms with E-state index < -0.39 is 11.8 Å². The first-order chi connectivity index (χ1) is 12.9. The van der Waals surface area contributed by atoms with Gasteiger partial charge < -0.3 is 29.1 Å². The molecule has 0 aliphatic rings. The van der Waals surface area contributed by atoms with Crippen LogP contribution in [-0.2, 0) is 4.84 Å². The molecule has 27 heavy (non-hydrogen) atoms. The summed E-state index contributed by atoms with van der Waals surface area (Å²) in [4.78, 5) is 31.3. The Hall–Kier alpha value is -3.49. The summed E-state index contributed by atoms with van der Waals surface area (Å²) in [6.45, 7) is 1.28. The van der Waals surface area contributed by atoms with Crippen LogP contribution in [0.3, 0.4) is 0 Å². The van der Waals surface area contributed by atoms with E-state index in [9.17, 15) is 14.7 Å². The summed E-state index contributed by atoms with van der Waals surface area (Å²) >= 11 is 0. The van der Waals surface area contributed by atoms with Crippen LogP contribution in [0.5, 0.6) is 17.2 Å². The van der Waals surface area contributed by atoms with Gasteiger partial charge in [-0.2, -0.15) is 0 Å². The van der Waals surface area contributed by atoms with Crippen LogP contribution in [-0.4, -0.2) is 56.5 Å². The molecule has 0 bridgehead atoms. The van der Waals surface area contributed by atoms with Crippen LogP contribution in [0.1, 0.15) is 33.5 Å². The van der Waals surface area contributed by atoms with E-state index in [1.165, 1.54) is 41.6 Å². The summed E-state index contributed by atoms with van der Waals surface area (Å²) in [5.74, 6) is -0.712. The number of oxime groups is 1. The molecule has 0 unspecified atom stereocenters. The number of methoxy groups -OCH3 is 3. The number of aromatic carboxylic acids is 1. The van der Waals surface area contributed by atoms with E-state index in [1.54, 1.807) is 12.1 Å². The van der Waals surface area contributed by atoms with Crippen LogP contribution in [0.25, 0.3) is 11.1 Å². The van der Waals surface area contributed by atoms with Crippen LogP contribution in [0.2, 0.25) is 0 Å². The lowest BCUT2D eigenvalue weighted by molar-refractivity contribution is 0.0686. The van der Waals surface area contributed by atoms with Gasteiger partial charge in [-0.15, -0.1) is 0 Å². The van der Waals surface area contributed by atoms with Gasteiger partial charge in [0.15, 0.2) is 17.3 Å². The number of hydrogen-bond donors (Lipinski definition) is 2. The van der Waals surface area contributed by atoms with E-state index in [1.807, 2.05) is 0 Å². The molecule has 0 aliphatic heterocycles. The Bertz CT molecular complexity index is 900. The first kappa shape index (κ1) is 19.8. The number of nitrogens with zero attached hydrogens (tertiary/aromatic N) is 1. The van der Waals surface area contributed by atoms with Crippen molar-refractivity contribution in [3.8, 4) is 28.4 Å². The molecule has 1 aromatic heterocycles. The average molecular weight is 376 g/mol. The molecular formula is C18H20N2O7. The third kappa shape index (κ3) is 3.57. The molecule has 2 aromatic rings. The highest BCUT2D eigenvalue weighted by atomic mass is 16.6. The Labute approximate surface area is 155 Å². The fraction of sp³-hybridized carbons (Fsp3) is 0.278. The summed E-state index contributed by atoms with van der Waals surface area (Å²) < 4.78 is 16.1. The molecule has 0 amide bonds. The van der Waals surface area contributed by atoms with E-state index in [-0.39, 0.29) is 22.7 Å². The number of nitrogens with one attached hydrogen (secondary N) is 1. The summed E-state index contributed by atoms with van der Waals surface area (Å²) in [5, 5.41) is 13.2. The van der Waals surface area contributed by atoms with Gasteiger partial charge in [-0.3, -0.25) is 4.79 Å². The predicted molar refractivity (Wildman–Crippen MR) is 97.5 cm³/mol. The average Bonchev–Trinajstić information content (AvgIpc) is 3.04. The number of carboxylic acid groups (broad SMARTS) is 1. The van der Waals surface area contributed by atoms with Crippen LogP contribution < -0.4 is 14.2 Å². The highest BCUT2D eigenvalue weighted by molar-refractivity contribution is 6.13. The smallest absolute Gasteiger partial charge is 0.353 e. The second-order valence-corrected chi connectivity index (χ2v) is 5.32. The Kier molecular flexibility index (Phi) is 6.07. The van der Waals surface area contributed by atoms with Gasteiger partial charge in [0, 0.05) is 11.1 Å². The van der Waals surface area contributed by atoms with Crippen LogP contribution in [0.4, 0.5) is 0 Å². The number of H-pyrrole nitrogens is 1. The predicted octanol–water partition coefficient (Wildman–Crippen LogP) is 2.59. The largest absolute Gasteiger partial charge is 0.493 e. The van der Waals surface area contributed by atoms with Gasteiger partial charge in [-0.05, 0) is 19.1 Å². The van der Waals surface area contributed by atoms with Gasteiger partial charge in [0.05, 0.1) is 38.8 Å². The molecule has 0 saturated heterocycles. The Morgan fingerprint density at radius 1 is 1.07 bits per heavy atom. The maximum atomic E-state index is 12.3. The molecule has 144 valence electrons. The van der Waals surface area contributed by atoms with E-state index in [2.05, 4.69) is 15.0 Å². The number of Topliss-reactive ketones (excluding diaryl/α,β-unsaturated/α-hetero) is 1. The molecule has 0 aliphatic carbocycles. The van der Waals surface area contributed by atoms with Crippen molar-refractivity contribution in [2.75, 3.05) is 28.4 Å². The van der Waals surface area contributed by atoms with Gasteiger partial charge in [-0.25, -0.2) is 4.79 Å². The highest BCUT2D eigenvalue weighted by Crippen LogP contribution is 2.46. The van der Waals surface area contributed by atoms with E-state index >= 15 is 0 Å². The summed E-state index contributed by atoms with van der Waals surface area (Å²) in [5.41, 5.74) is 0.739. The van der Waals surface area contributed by atoms with Crippen LogP contribution in [0, 0.1) is 0 Å². The third-order valence-electron chi connectivity index (χ3n) is 3.86. The number of ketones is 1. The maximum Gasteiger partial charge on any atom is 0.353 e. The van der Waals surface area contributed by atoms with E-state index in [0.717, 1.165) is 0 Å². The second kappa shape index (κ2) is 8.26. The molecular weight excluding hydrogens is 356 g/mol. The molecule has 0 saturated carbocycles. The SMILES string of the molecule is CON=Cc1[nH]c(C(=O)O)c(C(C)=O)c1-c1ccc(OC)c(OC)c1OC. The Balaban J connectivity index is 2.94. The highest BCUT2D eigenvalue weighted by Gasteiger charge is 2.29. The summed E-state index contributed by atoms with van der Waals surface area (Å²) in [6.07, 6.45) is 1.28. The number of carboxylic acids is 1. The minimum atomic E-state index is -1.28. The van der Waals surface area contributed by atoms with Crippen LogP contribution in [0.15, 0.2) is 17.3 Å². The molecule has 1 heterocycles. The summed E-state index contributed by atoms with van der Waals surface area (Å²) in [7, 11) is 5.71. The van der Waals surface area contributed by atoms with Crippen LogP contribution >= 0.6 is 0 Å². The fourth-order valence-electron chi connectivity index (χ4n) is 2.81. The lowest BCUT2D eigenvalue weighted by Crippen LogP contribution is -2.05. The van der Waals surface area contributed by atoms with Crippen molar-refractivity contribution in [1.82, 2.24) is 4.98 Å². The molecule has 9 heteroatoms. The zero-order chi connectivity index (χ0) is 20.1. The number of carbonyl (C=O) groups excluding carboxylic acids is 1. The maximum absolute atomic E-state index is 12.3. The number of hydrogen-bond acceptors (Lipinski definition) is 7. The monoisotopic (exact) mass is 376 g/mol. The molecule has 0 fully saturated rings. The molecule has 1 aromatic carbocycles. The number of benzene rings is 1. The molecule has 0 atom stereocenters. The molecule has 0 radical (unpaired) electrons. The van der Waals surface area contributed by atoms with E-state index in [4.69, 9.17) is 14.2 Å². The van der Waals surface area contributed by atoms with Crippen molar-refractivity contribution in [2.24, 2.45) is 5.16 Å². The van der Waals surface area contributed by atoms with Crippen molar-refractivity contribution >= 4 is 18.0 Å². The second-order valence-electron chi connectivity index (χ2n) is 5.32. The Morgan fingerprint density at radius 2 is 1.74 bits per heavy atom. The topological polar surface area (TPSA) is 119 Å². The zero-order valence-electron chi connectivity index (χ0n) is 15.6. The number of aromatic amines is 1. The van der Waals surface area contributed by atoms with Gasteiger partial charge >= 0.3 is 5.97 Å². The molecule has 2 N–H and O–H groups in total. The van der Waals surface area contributed by atoms with E-state index in [0.29, 0.717) is 22.6 Å². The van der Waals surface area contributed by atoms with Gasteiger partial charge in [0.1, 0.15) is 12.8 Å². The number of aromatic nitrogens is 1. The zero-order valence-corrected chi connectivity index (χ0v) is 15.6. The standard InChI is InChI=1S/C18H20N2O7/c1-9(21)13-14(11(8-19-27-5)20-15(13)18(22)23)10-6-7-12(24-2)17(26-4)16(10)25-3/h6-8,20H,1-5H3,(H,22,23). The van der Waals surface area contributed by atoms with Gasteiger partial charge in [0.2, 0.25) is 5.75 Å². The Morgan fingerprint density at radius 3 is 2.22 bits per heavy atom. The number of ether oxygens (including phenoxy) is 3. The lowest BCUT2D eigenvalue weighted by atomic mass is 9.96. The first-order valence-corrected chi connectivity index (χ1v) is 7.77. The third-order valence-corrected chi connectivity index (χ3v) is 3.86. The fourth-order valence-corrected chi connectivity index (χ4v) is 2.81. The number of rotatable bonds is 8. The van der Waals surface area contributed by atoms with Crippen molar-refractivity contribution in [3.05, 3.63) is 29.1 Å². The molecule has 9 nitrogen and oxygen atoms in total.